The summed E-state index contributed by atoms with van der Waals surface area (Å²) in [6, 6.07) is 0. The Morgan fingerprint density at radius 1 is 1.29 bits per heavy atom. The standard InChI is InChI=1S/C17H29NO3/c1-2-21-15-12-14(19)17(15)7-9-18(10-8-17)16(20)11-13-5-3-4-6-13/h13-15,19H,2-12H2,1H3/t14-,15+/m1/s1. The van der Waals surface area contributed by atoms with E-state index in [9.17, 15) is 9.90 Å². The van der Waals surface area contributed by atoms with Crippen LogP contribution in [-0.4, -0.2) is 47.8 Å². The number of aliphatic hydroxyl groups is 1. The van der Waals surface area contributed by atoms with E-state index in [1.54, 1.807) is 0 Å². The minimum atomic E-state index is -0.235. The maximum atomic E-state index is 12.4. The van der Waals surface area contributed by atoms with Crippen molar-refractivity contribution in [2.24, 2.45) is 11.3 Å². The number of hydrogen-bond donors (Lipinski definition) is 1. The molecule has 0 radical (unpaired) electrons. The van der Waals surface area contributed by atoms with Crippen molar-refractivity contribution in [2.75, 3.05) is 19.7 Å². The molecule has 2 atom stereocenters. The first-order valence-electron chi connectivity index (χ1n) is 8.73. The van der Waals surface area contributed by atoms with E-state index in [2.05, 4.69) is 0 Å². The first-order chi connectivity index (χ1) is 10.2. The van der Waals surface area contributed by atoms with E-state index in [4.69, 9.17) is 4.74 Å². The van der Waals surface area contributed by atoms with E-state index in [1.807, 2.05) is 11.8 Å². The van der Waals surface area contributed by atoms with Gasteiger partial charge in [0.15, 0.2) is 0 Å². The second-order valence-corrected chi connectivity index (χ2v) is 7.16. The van der Waals surface area contributed by atoms with Gasteiger partial charge in [0.2, 0.25) is 5.91 Å². The van der Waals surface area contributed by atoms with Crippen LogP contribution in [0.15, 0.2) is 0 Å². The molecular weight excluding hydrogens is 266 g/mol. The van der Waals surface area contributed by atoms with Crippen LogP contribution < -0.4 is 0 Å². The molecule has 120 valence electrons. The molecule has 3 fully saturated rings. The van der Waals surface area contributed by atoms with Crippen LogP contribution in [0.2, 0.25) is 0 Å². The summed E-state index contributed by atoms with van der Waals surface area (Å²) in [5.41, 5.74) is -0.0693. The lowest BCUT2D eigenvalue weighted by molar-refractivity contribution is -0.210. The highest BCUT2D eigenvalue weighted by Gasteiger charge is 2.56. The van der Waals surface area contributed by atoms with Gasteiger partial charge in [-0.05, 0) is 38.5 Å². The van der Waals surface area contributed by atoms with E-state index in [0.29, 0.717) is 18.4 Å². The Morgan fingerprint density at radius 2 is 1.95 bits per heavy atom. The average Bonchev–Trinajstić information content (AvgIpc) is 3.00. The number of aliphatic hydroxyl groups excluding tert-OH is 1. The number of likely N-dealkylation sites (tertiary alicyclic amines) is 1. The van der Waals surface area contributed by atoms with Crippen LogP contribution in [0.1, 0.15) is 58.3 Å². The molecule has 4 heteroatoms. The molecule has 2 aliphatic carbocycles. The summed E-state index contributed by atoms with van der Waals surface area (Å²) in [6.07, 6.45) is 8.32. The normalized spacial score (nSPS) is 32.4. The van der Waals surface area contributed by atoms with Crippen molar-refractivity contribution in [3.8, 4) is 0 Å². The first-order valence-corrected chi connectivity index (χ1v) is 8.73. The molecule has 0 aromatic carbocycles. The summed E-state index contributed by atoms with van der Waals surface area (Å²) in [6.45, 7) is 4.32. The molecule has 1 N–H and O–H groups in total. The highest BCUT2D eigenvalue weighted by atomic mass is 16.5. The quantitative estimate of drug-likeness (QED) is 0.866. The predicted octanol–water partition coefficient (Wildman–Crippen LogP) is 2.35. The average molecular weight is 295 g/mol. The van der Waals surface area contributed by atoms with Crippen molar-refractivity contribution in [3.05, 3.63) is 0 Å². The van der Waals surface area contributed by atoms with E-state index < -0.39 is 0 Å². The second-order valence-electron chi connectivity index (χ2n) is 7.16. The summed E-state index contributed by atoms with van der Waals surface area (Å²) >= 11 is 0. The van der Waals surface area contributed by atoms with Crippen molar-refractivity contribution in [1.29, 1.82) is 0 Å². The van der Waals surface area contributed by atoms with Crippen molar-refractivity contribution in [3.63, 3.8) is 0 Å². The number of piperidine rings is 1. The predicted molar refractivity (Wildman–Crippen MR) is 80.9 cm³/mol. The third-order valence-corrected chi connectivity index (χ3v) is 6.10. The lowest BCUT2D eigenvalue weighted by Crippen LogP contribution is -2.62. The van der Waals surface area contributed by atoms with Crippen LogP contribution in [0, 0.1) is 11.3 Å². The number of carbonyl (C=O) groups excluding carboxylic acids is 1. The third-order valence-electron chi connectivity index (χ3n) is 6.10. The fourth-order valence-electron chi connectivity index (χ4n) is 4.58. The molecule has 1 aliphatic heterocycles. The molecule has 4 nitrogen and oxygen atoms in total. The van der Waals surface area contributed by atoms with Crippen molar-refractivity contribution in [2.45, 2.75) is 70.5 Å². The SMILES string of the molecule is CCO[C@H]1C[C@@H](O)C12CCN(C(=O)CC1CCCC1)CC2. The maximum absolute atomic E-state index is 12.4. The Morgan fingerprint density at radius 3 is 2.52 bits per heavy atom. The van der Waals surface area contributed by atoms with E-state index >= 15 is 0 Å². The Bertz CT molecular complexity index is 368. The van der Waals surface area contributed by atoms with Crippen molar-refractivity contribution < 1.29 is 14.6 Å². The Labute approximate surface area is 127 Å². The van der Waals surface area contributed by atoms with Crippen LogP contribution in [0.3, 0.4) is 0 Å². The van der Waals surface area contributed by atoms with Crippen LogP contribution in [0.4, 0.5) is 0 Å². The molecule has 0 unspecified atom stereocenters. The zero-order valence-corrected chi connectivity index (χ0v) is 13.2. The maximum Gasteiger partial charge on any atom is 0.222 e. The Balaban J connectivity index is 1.51. The second kappa shape index (κ2) is 6.25. The lowest BCUT2D eigenvalue weighted by atomic mass is 9.58. The van der Waals surface area contributed by atoms with Crippen LogP contribution >= 0.6 is 0 Å². The summed E-state index contributed by atoms with van der Waals surface area (Å²) in [5, 5.41) is 10.2. The minimum absolute atomic E-state index is 0.0693. The lowest BCUT2D eigenvalue weighted by Gasteiger charge is -2.56. The fraction of sp³-hybridized carbons (Fsp3) is 0.941. The van der Waals surface area contributed by atoms with Gasteiger partial charge in [0.1, 0.15) is 0 Å². The summed E-state index contributed by atoms with van der Waals surface area (Å²) in [7, 11) is 0. The number of carbonyl (C=O) groups is 1. The van der Waals surface area contributed by atoms with Crippen molar-refractivity contribution in [1.82, 2.24) is 4.90 Å². The van der Waals surface area contributed by atoms with Crippen LogP contribution in [-0.2, 0) is 9.53 Å². The molecule has 1 saturated heterocycles. The molecule has 3 aliphatic rings. The molecule has 0 aromatic heterocycles. The highest BCUT2D eigenvalue weighted by molar-refractivity contribution is 5.76. The largest absolute Gasteiger partial charge is 0.392 e. The van der Waals surface area contributed by atoms with Gasteiger partial charge in [-0.25, -0.2) is 0 Å². The minimum Gasteiger partial charge on any atom is -0.392 e. The molecule has 1 heterocycles. The molecule has 1 amide bonds. The van der Waals surface area contributed by atoms with Gasteiger partial charge in [-0.1, -0.05) is 12.8 Å². The summed E-state index contributed by atoms with van der Waals surface area (Å²) < 4.78 is 5.78. The monoisotopic (exact) mass is 295 g/mol. The fourth-order valence-corrected chi connectivity index (χ4v) is 4.58. The van der Waals surface area contributed by atoms with Gasteiger partial charge >= 0.3 is 0 Å². The molecule has 2 saturated carbocycles. The topological polar surface area (TPSA) is 49.8 Å². The summed E-state index contributed by atoms with van der Waals surface area (Å²) in [4.78, 5) is 14.4. The molecule has 21 heavy (non-hydrogen) atoms. The molecule has 1 spiro atoms. The van der Waals surface area contributed by atoms with Gasteiger partial charge in [0.05, 0.1) is 12.2 Å². The Hall–Kier alpha value is -0.610. The molecule has 0 bridgehead atoms. The van der Waals surface area contributed by atoms with Gasteiger partial charge in [-0.2, -0.15) is 0 Å². The van der Waals surface area contributed by atoms with E-state index in [1.165, 1.54) is 25.7 Å². The number of rotatable bonds is 4. The van der Waals surface area contributed by atoms with Crippen LogP contribution in [0.25, 0.3) is 0 Å². The zero-order chi connectivity index (χ0) is 14.9. The Kier molecular flexibility index (Phi) is 4.55. The summed E-state index contributed by atoms with van der Waals surface area (Å²) in [5.74, 6) is 0.956. The van der Waals surface area contributed by atoms with E-state index in [0.717, 1.165) is 38.8 Å². The number of hydrogen-bond acceptors (Lipinski definition) is 3. The van der Waals surface area contributed by atoms with Crippen LogP contribution in [0.5, 0.6) is 0 Å². The third kappa shape index (κ3) is 2.85. The van der Waals surface area contributed by atoms with Gasteiger partial charge in [-0.15, -0.1) is 0 Å². The van der Waals surface area contributed by atoms with Gasteiger partial charge < -0.3 is 14.7 Å². The number of amides is 1. The number of ether oxygens (including phenoxy) is 1. The van der Waals surface area contributed by atoms with Gasteiger partial charge in [0.25, 0.3) is 0 Å². The van der Waals surface area contributed by atoms with Gasteiger partial charge in [-0.3, -0.25) is 4.79 Å². The number of nitrogens with zero attached hydrogens (tertiary/aromatic N) is 1. The van der Waals surface area contributed by atoms with E-state index in [-0.39, 0.29) is 17.6 Å². The van der Waals surface area contributed by atoms with Gasteiger partial charge in [0, 0.05) is 38.0 Å². The smallest absolute Gasteiger partial charge is 0.222 e. The molecule has 0 aromatic rings. The first kappa shape index (κ1) is 15.3. The zero-order valence-electron chi connectivity index (χ0n) is 13.2. The molecule has 3 rings (SSSR count). The van der Waals surface area contributed by atoms with Crippen molar-refractivity contribution >= 4 is 5.91 Å². The highest BCUT2D eigenvalue weighted by Crippen LogP contribution is 2.51. The molecular formula is C17H29NO3.